The van der Waals surface area contributed by atoms with Gasteiger partial charge in [-0.05, 0) is 5.56 Å². The molecule has 3 nitrogen and oxygen atoms in total. The lowest BCUT2D eigenvalue weighted by molar-refractivity contribution is 0.756. The minimum atomic E-state index is -0.283. The van der Waals surface area contributed by atoms with Crippen molar-refractivity contribution in [2.45, 2.75) is 6.17 Å². The smallest absolute Gasteiger partial charge is 0.169 e. The molecular weight excluding hydrogens is 305 g/mol. The zero-order valence-corrected chi connectivity index (χ0v) is 13.6. The summed E-state index contributed by atoms with van der Waals surface area (Å²) in [5, 5.41) is 3.36. The highest BCUT2D eigenvalue weighted by atomic mass is 15.2. The van der Waals surface area contributed by atoms with Gasteiger partial charge in [-0.1, -0.05) is 90.4 Å². The van der Waals surface area contributed by atoms with Crippen molar-refractivity contribution in [3.63, 3.8) is 0 Å². The topological polar surface area (TPSA) is 36.8 Å². The first-order chi connectivity index (χ1) is 12.3. The Morgan fingerprint density at radius 2 is 1.28 bits per heavy atom. The Morgan fingerprint density at radius 3 is 1.96 bits per heavy atom. The van der Waals surface area contributed by atoms with E-state index in [1.807, 2.05) is 84.9 Å². The summed E-state index contributed by atoms with van der Waals surface area (Å²) in [4.78, 5) is 9.61. The van der Waals surface area contributed by atoms with Crippen molar-refractivity contribution < 1.29 is 0 Å². The number of hydrogen-bond donors (Lipinski definition) is 1. The number of aliphatic imine (C=N–C) groups is 2. The van der Waals surface area contributed by atoms with Crippen LogP contribution in [0.5, 0.6) is 0 Å². The molecule has 1 heterocycles. The quantitative estimate of drug-likeness (QED) is 0.740. The van der Waals surface area contributed by atoms with Crippen LogP contribution in [-0.4, -0.2) is 19.5 Å². The molecule has 1 atom stereocenters. The van der Waals surface area contributed by atoms with E-state index in [1.165, 1.54) is 0 Å². The second kappa shape index (κ2) is 6.77. The van der Waals surface area contributed by atoms with Gasteiger partial charge in [0.1, 0.15) is 19.5 Å². The van der Waals surface area contributed by atoms with Crippen LogP contribution in [0.4, 0.5) is 0 Å². The number of hydrogen-bond acceptors (Lipinski definition) is 3. The third kappa shape index (κ3) is 3.38. The lowest BCUT2D eigenvalue weighted by Gasteiger charge is -2.22. The van der Waals surface area contributed by atoms with Gasteiger partial charge in [-0.3, -0.25) is 0 Å². The van der Waals surface area contributed by atoms with Gasteiger partial charge in [0.2, 0.25) is 0 Å². The Balaban J connectivity index is 1.79. The zero-order valence-electron chi connectivity index (χ0n) is 13.6. The van der Waals surface area contributed by atoms with E-state index in [2.05, 4.69) is 5.32 Å². The Morgan fingerprint density at radius 1 is 0.680 bits per heavy atom. The molecule has 1 aliphatic heterocycles. The van der Waals surface area contributed by atoms with Crippen molar-refractivity contribution >= 4 is 25.0 Å². The van der Waals surface area contributed by atoms with Crippen molar-refractivity contribution in [2.24, 2.45) is 9.98 Å². The number of benzene rings is 3. The lowest BCUT2D eigenvalue weighted by atomic mass is 9.94. The average molecular weight is 321 g/mol. The first kappa shape index (κ1) is 15.4. The van der Waals surface area contributed by atoms with E-state index < -0.39 is 0 Å². The minimum absolute atomic E-state index is 0.283. The van der Waals surface area contributed by atoms with Crippen molar-refractivity contribution in [3.8, 4) is 0 Å². The molecule has 3 aromatic carbocycles. The highest BCUT2D eigenvalue weighted by molar-refractivity contribution is 6.33. The molecule has 0 aliphatic carbocycles. The van der Waals surface area contributed by atoms with Gasteiger partial charge >= 0.3 is 0 Å². The van der Waals surface area contributed by atoms with E-state index in [-0.39, 0.29) is 6.17 Å². The van der Waals surface area contributed by atoms with Crippen LogP contribution in [-0.2, 0) is 0 Å². The Hall–Kier alpha value is -3.14. The molecule has 1 N–H and O–H groups in total. The molecule has 1 unspecified atom stereocenters. The van der Waals surface area contributed by atoms with Crippen molar-refractivity contribution in [3.05, 3.63) is 102 Å². The van der Waals surface area contributed by atoms with Crippen LogP contribution in [0.3, 0.4) is 0 Å². The van der Waals surface area contributed by atoms with Gasteiger partial charge < -0.3 is 5.32 Å². The number of amidine groups is 2. The summed E-state index contributed by atoms with van der Waals surface area (Å²) in [6.45, 7) is 0. The maximum atomic E-state index is 5.94. The molecular formula is C21H16BN3. The second-order valence-corrected chi connectivity index (χ2v) is 5.86. The molecule has 0 amide bonds. The first-order valence-corrected chi connectivity index (χ1v) is 8.18. The van der Waals surface area contributed by atoms with E-state index in [0.717, 1.165) is 28.4 Å². The Kier molecular flexibility index (Phi) is 4.17. The standard InChI is InChI=1S/C21H16BN3/c22-18-13-7-12-17(14-18)21-24-19(15-8-3-1-4-9-15)23-20(25-21)16-10-5-2-6-11-16/h1-14,19H,(H,23,24,25). The van der Waals surface area contributed by atoms with Crippen LogP contribution in [0, 0.1) is 0 Å². The average Bonchev–Trinajstić information content (AvgIpc) is 2.69. The van der Waals surface area contributed by atoms with Crippen molar-refractivity contribution in [1.29, 1.82) is 0 Å². The molecule has 0 bridgehead atoms. The van der Waals surface area contributed by atoms with Gasteiger partial charge in [0.25, 0.3) is 0 Å². The van der Waals surface area contributed by atoms with Gasteiger partial charge in [-0.2, -0.15) is 0 Å². The molecule has 3 aromatic rings. The third-order valence-electron chi connectivity index (χ3n) is 4.04. The third-order valence-corrected chi connectivity index (χ3v) is 4.04. The van der Waals surface area contributed by atoms with Gasteiger partial charge in [0, 0.05) is 11.1 Å². The van der Waals surface area contributed by atoms with Crippen molar-refractivity contribution in [2.75, 3.05) is 0 Å². The summed E-state index contributed by atoms with van der Waals surface area (Å²) in [6, 6.07) is 27.9. The Labute approximate surface area is 148 Å². The predicted octanol–water partition coefficient (Wildman–Crippen LogP) is 2.98. The fourth-order valence-electron chi connectivity index (χ4n) is 2.80. The zero-order chi connectivity index (χ0) is 17.1. The van der Waals surface area contributed by atoms with Crippen molar-refractivity contribution in [1.82, 2.24) is 5.32 Å². The molecule has 118 valence electrons. The Bertz CT molecular complexity index is 934. The minimum Gasteiger partial charge on any atom is -0.324 e. The molecule has 0 fully saturated rings. The highest BCUT2D eigenvalue weighted by Gasteiger charge is 2.20. The molecule has 1 aliphatic rings. The van der Waals surface area contributed by atoms with Crippen LogP contribution < -0.4 is 10.8 Å². The fraction of sp³-hybridized carbons (Fsp3) is 0.0476. The maximum Gasteiger partial charge on any atom is 0.169 e. The van der Waals surface area contributed by atoms with E-state index in [0.29, 0.717) is 5.46 Å². The van der Waals surface area contributed by atoms with Gasteiger partial charge in [0.15, 0.2) is 6.17 Å². The number of rotatable bonds is 3. The summed E-state index contributed by atoms with van der Waals surface area (Å²) < 4.78 is 0. The largest absolute Gasteiger partial charge is 0.324 e. The van der Waals surface area contributed by atoms with Crippen LogP contribution in [0.1, 0.15) is 22.9 Å². The number of nitrogens with one attached hydrogen (secondary N) is 1. The first-order valence-electron chi connectivity index (χ1n) is 8.18. The molecule has 25 heavy (non-hydrogen) atoms. The summed E-state index contributed by atoms with van der Waals surface area (Å²) in [5.41, 5.74) is 3.74. The lowest BCUT2D eigenvalue weighted by Crippen LogP contribution is -2.36. The molecule has 0 aromatic heterocycles. The van der Waals surface area contributed by atoms with Crippen LogP contribution in [0.25, 0.3) is 0 Å². The summed E-state index contributed by atoms with van der Waals surface area (Å²) in [7, 11) is 5.94. The molecule has 0 saturated heterocycles. The second-order valence-electron chi connectivity index (χ2n) is 5.86. The molecule has 2 radical (unpaired) electrons. The highest BCUT2D eigenvalue weighted by Crippen LogP contribution is 2.23. The summed E-state index contributed by atoms with van der Waals surface area (Å²) in [5.74, 6) is 1.58. The SMILES string of the molecule is [B]c1cccc(C2=NC(c3ccccc3)N=C(c3ccccc3)N2)c1. The molecule has 4 rings (SSSR count). The molecule has 0 saturated carbocycles. The fourth-order valence-corrected chi connectivity index (χ4v) is 2.80. The van der Waals surface area contributed by atoms with Gasteiger partial charge in [-0.25, -0.2) is 9.98 Å². The van der Waals surface area contributed by atoms with E-state index in [1.54, 1.807) is 0 Å². The van der Waals surface area contributed by atoms with E-state index in [4.69, 9.17) is 17.8 Å². The van der Waals surface area contributed by atoms with Crippen LogP contribution >= 0.6 is 0 Å². The van der Waals surface area contributed by atoms with E-state index >= 15 is 0 Å². The normalized spacial score (nSPS) is 16.6. The molecule has 0 spiro atoms. The van der Waals surface area contributed by atoms with Gasteiger partial charge in [0.05, 0.1) is 0 Å². The van der Waals surface area contributed by atoms with E-state index in [9.17, 15) is 0 Å². The predicted molar refractivity (Wildman–Crippen MR) is 104 cm³/mol. The van der Waals surface area contributed by atoms with Gasteiger partial charge in [-0.15, -0.1) is 0 Å². The number of nitrogens with zero attached hydrogens (tertiary/aromatic N) is 2. The summed E-state index contributed by atoms with van der Waals surface area (Å²) >= 11 is 0. The van der Waals surface area contributed by atoms with Crippen LogP contribution in [0.2, 0.25) is 0 Å². The summed E-state index contributed by atoms with van der Waals surface area (Å²) in [6.07, 6.45) is -0.283. The molecule has 4 heteroatoms. The van der Waals surface area contributed by atoms with Crippen LogP contribution in [0.15, 0.2) is 94.9 Å². The maximum absolute atomic E-state index is 5.94. The monoisotopic (exact) mass is 321 g/mol.